The molecular weight excluding hydrogens is 206 g/mol. The van der Waals surface area contributed by atoms with Crippen LogP contribution in [0.4, 0.5) is 0 Å². The quantitative estimate of drug-likeness (QED) is 0.794. The fourth-order valence-corrected chi connectivity index (χ4v) is 3.01. The number of hydrogen-bond donors (Lipinski definition) is 1. The summed E-state index contributed by atoms with van der Waals surface area (Å²) in [6.07, 6.45) is 7.90. The minimum Gasteiger partial charge on any atom is -0.329 e. The lowest BCUT2D eigenvalue weighted by atomic mass is 9.96. The van der Waals surface area contributed by atoms with Gasteiger partial charge in [-0.05, 0) is 38.3 Å². The van der Waals surface area contributed by atoms with Crippen molar-refractivity contribution in [3.63, 3.8) is 0 Å². The summed E-state index contributed by atoms with van der Waals surface area (Å²) in [5.74, 6) is 2.13. The average Bonchev–Trinajstić information content (AvgIpc) is 2.66. The summed E-state index contributed by atoms with van der Waals surface area (Å²) in [6.45, 7) is 2.41. The first kappa shape index (κ1) is 11.0. The highest BCUT2D eigenvalue weighted by atomic mass is 32.2. The van der Waals surface area contributed by atoms with E-state index in [-0.39, 0.29) is 0 Å². The van der Waals surface area contributed by atoms with Crippen LogP contribution in [-0.4, -0.2) is 28.4 Å². The van der Waals surface area contributed by atoms with Gasteiger partial charge in [-0.1, -0.05) is 11.8 Å². The number of nitrogens with one attached hydrogen (secondary N) is 1. The van der Waals surface area contributed by atoms with Gasteiger partial charge < -0.3 is 9.88 Å². The highest BCUT2D eigenvalue weighted by Gasteiger charge is 2.12. The van der Waals surface area contributed by atoms with E-state index in [0.717, 1.165) is 11.1 Å². The molecule has 1 aromatic heterocycles. The molecule has 4 heteroatoms. The molecule has 0 amide bonds. The first-order valence-electron chi connectivity index (χ1n) is 5.67. The van der Waals surface area contributed by atoms with E-state index < -0.39 is 0 Å². The van der Waals surface area contributed by atoms with Gasteiger partial charge in [0, 0.05) is 25.2 Å². The lowest BCUT2D eigenvalue weighted by Crippen LogP contribution is -2.27. The molecule has 1 aromatic rings. The summed E-state index contributed by atoms with van der Waals surface area (Å²) in [5, 5.41) is 4.55. The second-order valence-electron chi connectivity index (χ2n) is 4.15. The molecule has 1 N–H and O–H groups in total. The molecule has 0 radical (unpaired) electrons. The van der Waals surface area contributed by atoms with Crippen molar-refractivity contribution in [3.05, 3.63) is 12.4 Å². The number of aromatic nitrogens is 2. The molecule has 0 aromatic carbocycles. The zero-order valence-corrected chi connectivity index (χ0v) is 10.1. The van der Waals surface area contributed by atoms with Gasteiger partial charge in [-0.15, -0.1) is 0 Å². The topological polar surface area (TPSA) is 29.9 Å². The van der Waals surface area contributed by atoms with Crippen molar-refractivity contribution in [2.24, 2.45) is 13.0 Å². The number of imidazole rings is 1. The van der Waals surface area contributed by atoms with E-state index in [2.05, 4.69) is 21.9 Å². The SMILES string of the molecule is Cn1ccnc1SCCC1CCNCC1. The number of rotatable bonds is 4. The lowest BCUT2D eigenvalue weighted by Gasteiger charge is -2.22. The summed E-state index contributed by atoms with van der Waals surface area (Å²) < 4.78 is 2.09. The first-order valence-corrected chi connectivity index (χ1v) is 6.65. The van der Waals surface area contributed by atoms with Gasteiger partial charge in [0.05, 0.1) is 0 Å². The third-order valence-corrected chi connectivity index (χ3v) is 4.08. The van der Waals surface area contributed by atoms with Crippen LogP contribution in [-0.2, 0) is 7.05 Å². The second kappa shape index (κ2) is 5.56. The van der Waals surface area contributed by atoms with Crippen LogP contribution >= 0.6 is 11.8 Å². The Labute approximate surface area is 95.7 Å². The summed E-state index contributed by atoms with van der Waals surface area (Å²) in [6, 6.07) is 0. The molecule has 2 heterocycles. The number of thioether (sulfide) groups is 1. The van der Waals surface area contributed by atoms with Gasteiger partial charge in [0.2, 0.25) is 0 Å². The molecule has 3 nitrogen and oxygen atoms in total. The largest absolute Gasteiger partial charge is 0.329 e. The number of aryl methyl sites for hydroxylation is 1. The van der Waals surface area contributed by atoms with Crippen molar-refractivity contribution in [2.45, 2.75) is 24.4 Å². The molecule has 0 bridgehead atoms. The van der Waals surface area contributed by atoms with E-state index in [4.69, 9.17) is 0 Å². The van der Waals surface area contributed by atoms with Crippen LogP contribution in [0.2, 0.25) is 0 Å². The van der Waals surface area contributed by atoms with Gasteiger partial charge in [-0.3, -0.25) is 0 Å². The summed E-state index contributed by atoms with van der Waals surface area (Å²) in [7, 11) is 2.06. The van der Waals surface area contributed by atoms with Crippen molar-refractivity contribution in [1.29, 1.82) is 0 Å². The Morgan fingerprint density at radius 3 is 3.00 bits per heavy atom. The molecule has 1 aliphatic heterocycles. The van der Waals surface area contributed by atoms with Crippen molar-refractivity contribution in [2.75, 3.05) is 18.8 Å². The highest BCUT2D eigenvalue weighted by Crippen LogP contribution is 2.22. The smallest absolute Gasteiger partial charge is 0.167 e. The summed E-state index contributed by atoms with van der Waals surface area (Å²) in [5.41, 5.74) is 0. The van der Waals surface area contributed by atoms with E-state index in [9.17, 15) is 0 Å². The molecule has 0 spiro atoms. The normalized spacial score (nSPS) is 18.2. The van der Waals surface area contributed by atoms with E-state index in [1.807, 2.05) is 24.2 Å². The molecule has 0 aliphatic carbocycles. The van der Waals surface area contributed by atoms with Gasteiger partial charge in [0.15, 0.2) is 5.16 Å². The zero-order chi connectivity index (χ0) is 10.5. The number of nitrogens with zero attached hydrogens (tertiary/aromatic N) is 2. The Morgan fingerprint density at radius 1 is 1.53 bits per heavy atom. The Bertz CT molecular complexity index is 292. The Kier molecular flexibility index (Phi) is 4.09. The van der Waals surface area contributed by atoms with Crippen LogP contribution in [0.3, 0.4) is 0 Å². The molecule has 15 heavy (non-hydrogen) atoms. The molecule has 0 saturated carbocycles. The number of piperidine rings is 1. The molecule has 1 fully saturated rings. The fraction of sp³-hybridized carbons (Fsp3) is 0.727. The van der Waals surface area contributed by atoms with E-state index >= 15 is 0 Å². The Morgan fingerprint density at radius 2 is 2.33 bits per heavy atom. The van der Waals surface area contributed by atoms with Gasteiger partial charge in [0.25, 0.3) is 0 Å². The Hall–Kier alpha value is -0.480. The van der Waals surface area contributed by atoms with Crippen LogP contribution in [0.5, 0.6) is 0 Å². The molecule has 2 rings (SSSR count). The maximum Gasteiger partial charge on any atom is 0.167 e. The van der Waals surface area contributed by atoms with Gasteiger partial charge in [0.1, 0.15) is 0 Å². The van der Waals surface area contributed by atoms with Crippen LogP contribution in [0.25, 0.3) is 0 Å². The van der Waals surface area contributed by atoms with Crippen LogP contribution in [0.15, 0.2) is 17.6 Å². The van der Waals surface area contributed by atoms with E-state index in [1.54, 1.807) is 0 Å². The average molecular weight is 225 g/mol. The van der Waals surface area contributed by atoms with E-state index in [1.165, 1.54) is 38.1 Å². The van der Waals surface area contributed by atoms with Crippen molar-refractivity contribution >= 4 is 11.8 Å². The van der Waals surface area contributed by atoms with Gasteiger partial charge in [-0.25, -0.2) is 4.98 Å². The lowest BCUT2D eigenvalue weighted by molar-refractivity contribution is 0.367. The predicted octanol–water partition coefficient (Wildman–Crippen LogP) is 1.90. The van der Waals surface area contributed by atoms with Gasteiger partial charge >= 0.3 is 0 Å². The van der Waals surface area contributed by atoms with Crippen LogP contribution in [0.1, 0.15) is 19.3 Å². The monoisotopic (exact) mass is 225 g/mol. The molecular formula is C11H19N3S. The summed E-state index contributed by atoms with van der Waals surface area (Å²) in [4.78, 5) is 4.31. The third kappa shape index (κ3) is 3.24. The van der Waals surface area contributed by atoms with Crippen molar-refractivity contribution < 1.29 is 0 Å². The molecule has 0 atom stereocenters. The minimum atomic E-state index is 0.930. The van der Waals surface area contributed by atoms with Crippen molar-refractivity contribution in [3.8, 4) is 0 Å². The highest BCUT2D eigenvalue weighted by molar-refractivity contribution is 7.99. The van der Waals surface area contributed by atoms with Crippen LogP contribution < -0.4 is 5.32 Å². The van der Waals surface area contributed by atoms with Crippen molar-refractivity contribution in [1.82, 2.24) is 14.9 Å². The summed E-state index contributed by atoms with van der Waals surface area (Å²) >= 11 is 1.88. The van der Waals surface area contributed by atoms with Crippen LogP contribution in [0, 0.1) is 5.92 Å². The molecule has 1 aliphatic rings. The maximum absolute atomic E-state index is 4.31. The molecule has 84 valence electrons. The second-order valence-corrected chi connectivity index (χ2v) is 5.21. The fourth-order valence-electron chi connectivity index (χ4n) is 1.98. The standard InChI is InChI=1S/C11H19N3S/c1-14-8-7-13-11(14)15-9-4-10-2-5-12-6-3-10/h7-8,10,12H,2-6,9H2,1H3. The van der Waals surface area contributed by atoms with Gasteiger partial charge in [-0.2, -0.15) is 0 Å². The first-order chi connectivity index (χ1) is 7.36. The predicted molar refractivity (Wildman–Crippen MR) is 64.1 cm³/mol. The molecule has 1 saturated heterocycles. The zero-order valence-electron chi connectivity index (χ0n) is 9.28. The maximum atomic E-state index is 4.31. The minimum absolute atomic E-state index is 0.930. The number of hydrogen-bond acceptors (Lipinski definition) is 3. The molecule has 0 unspecified atom stereocenters. The Balaban J connectivity index is 1.68. The van der Waals surface area contributed by atoms with E-state index in [0.29, 0.717) is 0 Å². The third-order valence-electron chi connectivity index (χ3n) is 2.99.